The van der Waals surface area contributed by atoms with Crippen molar-refractivity contribution in [3.05, 3.63) is 85.6 Å². The Labute approximate surface area is 184 Å². The number of benzene rings is 2. The van der Waals surface area contributed by atoms with Gasteiger partial charge in [-0.1, -0.05) is 36.4 Å². The molecule has 0 saturated heterocycles. The molecule has 0 radical (unpaired) electrons. The van der Waals surface area contributed by atoms with Gasteiger partial charge >= 0.3 is 0 Å². The summed E-state index contributed by atoms with van der Waals surface area (Å²) in [7, 11) is 0. The monoisotopic (exact) mass is 424 g/mol. The van der Waals surface area contributed by atoms with Crippen molar-refractivity contribution >= 4 is 28.7 Å². The molecule has 9 heteroatoms. The lowest BCUT2D eigenvalue weighted by Gasteiger charge is -2.11. The minimum Gasteiger partial charge on any atom is -0.492 e. The molecule has 32 heavy (non-hydrogen) atoms. The zero-order chi connectivity index (χ0) is 21.6. The van der Waals surface area contributed by atoms with Crippen molar-refractivity contribution in [1.29, 1.82) is 0 Å². The van der Waals surface area contributed by atoms with Crippen molar-refractivity contribution in [2.45, 2.75) is 0 Å². The highest BCUT2D eigenvalue weighted by Gasteiger charge is 2.15. The second-order valence-electron chi connectivity index (χ2n) is 6.82. The van der Waals surface area contributed by atoms with Crippen molar-refractivity contribution in [3.63, 3.8) is 0 Å². The Morgan fingerprint density at radius 1 is 0.875 bits per heavy atom. The fourth-order valence-corrected chi connectivity index (χ4v) is 3.19. The maximum atomic E-state index is 5.77. The molecule has 5 aromatic rings. The zero-order valence-corrected chi connectivity index (χ0v) is 17.1. The summed E-state index contributed by atoms with van der Waals surface area (Å²) in [5.74, 6) is 2.37. The van der Waals surface area contributed by atoms with Gasteiger partial charge in [0.05, 0.1) is 12.7 Å². The first-order valence-corrected chi connectivity index (χ1v) is 10.1. The lowest BCUT2D eigenvalue weighted by atomic mass is 10.3. The summed E-state index contributed by atoms with van der Waals surface area (Å²) in [6, 6.07) is 19.6. The van der Waals surface area contributed by atoms with Gasteiger partial charge in [0, 0.05) is 18.1 Å². The van der Waals surface area contributed by atoms with E-state index in [9.17, 15) is 0 Å². The van der Waals surface area contributed by atoms with E-state index in [2.05, 4.69) is 35.6 Å². The van der Waals surface area contributed by atoms with Crippen LogP contribution in [0.3, 0.4) is 0 Å². The van der Waals surface area contributed by atoms with Crippen molar-refractivity contribution in [2.24, 2.45) is 0 Å². The summed E-state index contributed by atoms with van der Waals surface area (Å²) in [5, 5.41) is 6.43. The first-order chi connectivity index (χ1) is 15.9. The van der Waals surface area contributed by atoms with Gasteiger partial charge in [0.25, 0.3) is 0 Å². The summed E-state index contributed by atoms with van der Waals surface area (Å²) in [6.45, 7) is 1.02. The average molecular weight is 424 g/mol. The molecule has 158 valence electrons. The highest BCUT2D eigenvalue weighted by atomic mass is 16.5. The topological polar surface area (TPSA) is 103 Å². The Bertz CT molecular complexity index is 1290. The summed E-state index contributed by atoms with van der Waals surface area (Å²) in [5.41, 5.74) is 2.29. The van der Waals surface area contributed by atoms with Crippen molar-refractivity contribution < 1.29 is 4.74 Å². The summed E-state index contributed by atoms with van der Waals surface area (Å²) in [6.07, 6.45) is 6.57. The fraction of sp³-hybridized carbons (Fsp3) is 0.0870. The second-order valence-corrected chi connectivity index (χ2v) is 6.82. The second kappa shape index (κ2) is 9.09. The van der Waals surface area contributed by atoms with Gasteiger partial charge in [-0.25, -0.2) is 9.97 Å². The predicted octanol–water partition coefficient (Wildman–Crippen LogP) is 3.84. The van der Waals surface area contributed by atoms with E-state index in [0.29, 0.717) is 41.9 Å². The molecule has 0 unspecified atom stereocenters. The van der Waals surface area contributed by atoms with Gasteiger partial charge < -0.3 is 15.4 Å². The van der Waals surface area contributed by atoms with E-state index in [1.54, 1.807) is 24.9 Å². The molecule has 0 saturated carbocycles. The number of anilines is 3. The Hall–Kier alpha value is -4.53. The number of para-hydroxylation sites is 2. The first kappa shape index (κ1) is 19.4. The third-order valence-electron chi connectivity index (χ3n) is 4.64. The number of nitrogens with one attached hydrogen (secondary N) is 2. The van der Waals surface area contributed by atoms with Crippen LogP contribution in [0, 0.1) is 0 Å². The van der Waals surface area contributed by atoms with Crippen LogP contribution in [0.4, 0.5) is 17.6 Å². The van der Waals surface area contributed by atoms with Gasteiger partial charge in [0.15, 0.2) is 22.8 Å². The van der Waals surface area contributed by atoms with E-state index < -0.39 is 0 Å². The van der Waals surface area contributed by atoms with E-state index in [1.807, 2.05) is 65.2 Å². The standard InChI is InChI=1S/C23H20N8O/c1-3-7-17(8-4-1)31-16-27-20-21(26-13-14-32-18-9-5-2-6-10-18)29-23(30-22(20)31)28-19-15-24-11-12-25-19/h1-12,15-16H,13-14H2,(H2,25,26,28,29,30). The lowest BCUT2D eigenvalue weighted by Crippen LogP contribution is -2.14. The first-order valence-electron chi connectivity index (χ1n) is 10.1. The molecule has 0 aliphatic rings. The molecule has 0 bridgehead atoms. The minimum absolute atomic E-state index is 0.391. The molecule has 0 spiro atoms. The molecule has 0 amide bonds. The van der Waals surface area contributed by atoms with Gasteiger partial charge in [-0.05, 0) is 24.3 Å². The Morgan fingerprint density at radius 2 is 1.69 bits per heavy atom. The largest absolute Gasteiger partial charge is 0.492 e. The number of fused-ring (bicyclic) bond motifs is 1. The van der Waals surface area contributed by atoms with Crippen LogP contribution >= 0.6 is 0 Å². The predicted molar refractivity (Wildman–Crippen MR) is 122 cm³/mol. The molecule has 9 nitrogen and oxygen atoms in total. The Kier molecular flexibility index (Phi) is 5.52. The molecule has 0 atom stereocenters. The van der Waals surface area contributed by atoms with Gasteiger partial charge in [-0.2, -0.15) is 9.97 Å². The number of aromatic nitrogens is 6. The maximum Gasteiger partial charge on any atom is 0.232 e. The third kappa shape index (κ3) is 4.31. The van der Waals surface area contributed by atoms with Crippen LogP contribution < -0.4 is 15.4 Å². The van der Waals surface area contributed by atoms with Crippen molar-refractivity contribution in [1.82, 2.24) is 29.5 Å². The average Bonchev–Trinajstić information content (AvgIpc) is 3.28. The quantitative estimate of drug-likeness (QED) is 0.362. The van der Waals surface area contributed by atoms with Gasteiger partial charge in [0.2, 0.25) is 5.95 Å². The van der Waals surface area contributed by atoms with E-state index in [0.717, 1.165) is 11.4 Å². The van der Waals surface area contributed by atoms with Crippen LogP contribution in [0.5, 0.6) is 5.75 Å². The normalized spacial score (nSPS) is 10.8. The molecule has 0 aliphatic heterocycles. The van der Waals surface area contributed by atoms with E-state index in [1.165, 1.54) is 0 Å². The van der Waals surface area contributed by atoms with Crippen LogP contribution in [0.1, 0.15) is 0 Å². The molecule has 0 fully saturated rings. The fourth-order valence-electron chi connectivity index (χ4n) is 3.19. The van der Waals surface area contributed by atoms with Crippen LogP contribution in [0.15, 0.2) is 85.6 Å². The van der Waals surface area contributed by atoms with Gasteiger partial charge in [0.1, 0.15) is 18.7 Å². The van der Waals surface area contributed by atoms with Gasteiger partial charge in [-0.3, -0.25) is 9.55 Å². The molecule has 2 N–H and O–H groups in total. The molecular formula is C23H20N8O. The van der Waals surface area contributed by atoms with Crippen LogP contribution in [-0.2, 0) is 0 Å². The van der Waals surface area contributed by atoms with Crippen LogP contribution in [0.2, 0.25) is 0 Å². The van der Waals surface area contributed by atoms with E-state index >= 15 is 0 Å². The highest BCUT2D eigenvalue weighted by Crippen LogP contribution is 2.24. The van der Waals surface area contributed by atoms with Crippen LogP contribution in [0.25, 0.3) is 16.9 Å². The number of ether oxygens (including phenoxy) is 1. The molecule has 3 aromatic heterocycles. The van der Waals surface area contributed by atoms with E-state index in [4.69, 9.17) is 4.74 Å². The number of rotatable bonds is 8. The molecule has 0 aliphatic carbocycles. The number of imidazole rings is 1. The third-order valence-corrected chi connectivity index (χ3v) is 4.64. The van der Waals surface area contributed by atoms with Crippen LogP contribution in [-0.4, -0.2) is 42.6 Å². The SMILES string of the molecule is c1ccc(OCCNc2nc(Nc3cnccn3)nc3c2ncn3-c2ccccc2)cc1. The number of hydrogen-bond acceptors (Lipinski definition) is 8. The molecule has 5 rings (SSSR count). The Morgan fingerprint density at radius 3 is 2.47 bits per heavy atom. The highest BCUT2D eigenvalue weighted by molar-refractivity contribution is 5.85. The minimum atomic E-state index is 0.391. The molecular weight excluding hydrogens is 404 g/mol. The lowest BCUT2D eigenvalue weighted by molar-refractivity contribution is 0.333. The molecule has 2 aromatic carbocycles. The molecule has 3 heterocycles. The number of nitrogens with zero attached hydrogens (tertiary/aromatic N) is 6. The van der Waals surface area contributed by atoms with Gasteiger partial charge in [-0.15, -0.1) is 0 Å². The smallest absolute Gasteiger partial charge is 0.232 e. The van der Waals surface area contributed by atoms with Crippen molar-refractivity contribution in [3.8, 4) is 11.4 Å². The maximum absolute atomic E-state index is 5.77. The van der Waals surface area contributed by atoms with Crippen molar-refractivity contribution in [2.75, 3.05) is 23.8 Å². The van der Waals surface area contributed by atoms with E-state index in [-0.39, 0.29) is 0 Å². The summed E-state index contributed by atoms with van der Waals surface area (Å²) >= 11 is 0. The Balaban J connectivity index is 1.44. The number of hydrogen-bond donors (Lipinski definition) is 2. The summed E-state index contributed by atoms with van der Waals surface area (Å²) < 4.78 is 7.70. The summed E-state index contributed by atoms with van der Waals surface area (Å²) in [4.78, 5) is 22.2. The zero-order valence-electron chi connectivity index (χ0n) is 17.1.